The molecule has 0 aliphatic heterocycles. The zero-order valence-corrected chi connectivity index (χ0v) is 8.66. The third-order valence-corrected chi connectivity index (χ3v) is 1.94. The number of nitrogen functional groups attached to an aromatic ring is 1. The van der Waals surface area contributed by atoms with Crippen LogP contribution in [0.1, 0.15) is 23.8 Å². The molecule has 1 heterocycles. The standard InChI is InChI=1S/C10H14N4O/c1-3-5-6-12-10(15)9-8(11)7-13-14(9)4-2/h1,7H,4-6,11H2,2H3,(H,12,15). The molecule has 15 heavy (non-hydrogen) atoms. The topological polar surface area (TPSA) is 72.9 Å². The Morgan fingerprint density at radius 2 is 2.53 bits per heavy atom. The van der Waals surface area contributed by atoms with Crippen molar-refractivity contribution in [3.05, 3.63) is 11.9 Å². The highest BCUT2D eigenvalue weighted by molar-refractivity contribution is 5.97. The van der Waals surface area contributed by atoms with Gasteiger partial charge in [0.1, 0.15) is 5.69 Å². The molecule has 0 unspecified atom stereocenters. The number of aromatic nitrogens is 2. The van der Waals surface area contributed by atoms with Crippen molar-refractivity contribution in [1.82, 2.24) is 15.1 Å². The number of rotatable bonds is 4. The predicted molar refractivity (Wildman–Crippen MR) is 58.1 cm³/mol. The molecule has 1 rings (SSSR count). The van der Waals surface area contributed by atoms with Crippen LogP contribution in [0.2, 0.25) is 0 Å². The first kappa shape index (κ1) is 11.1. The molecule has 0 atom stereocenters. The van der Waals surface area contributed by atoms with Crippen molar-refractivity contribution in [1.29, 1.82) is 0 Å². The summed E-state index contributed by atoms with van der Waals surface area (Å²) in [6, 6.07) is 0. The van der Waals surface area contributed by atoms with Gasteiger partial charge in [-0.05, 0) is 6.92 Å². The summed E-state index contributed by atoms with van der Waals surface area (Å²) in [5.41, 5.74) is 6.42. The fraction of sp³-hybridized carbons (Fsp3) is 0.400. The van der Waals surface area contributed by atoms with E-state index in [2.05, 4.69) is 16.3 Å². The quantitative estimate of drug-likeness (QED) is 0.547. The number of nitrogens with two attached hydrogens (primary N) is 1. The highest BCUT2D eigenvalue weighted by atomic mass is 16.2. The maximum atomic E-state index is 11.7. The molecule has 80 valence electrons. The van der Waals surface area contributed by atoms with Gasteiger partial charge in [-0.15, -0.1) is 12.3 Å². The van der Waals surface area contributed by atoms with Gasteiger partial charge in [0.25, 0.3) is 5.91 Å². The number of nitrogens with zero attached hydrogens (tertiary/aromatic N) is 2. The lowest BCUT2D eigenvalue weighted by molar-refractivity contribution is 0.0945. The minimum absolute atomic E-state index is 0.234. The third-order valence-electron chi connectivity index (χ3n) is 1.94. The van der Waals surface area contributed by atoms with E-state index in [0.717, 1.165) is 0 Å². The second kappa shape index (κ2) is 5.05. The van der Waals surface area contributed by atoms with Crippen molar-refractivity contribution >= 4 is 11.6 Å². The number of hydrogen-bond acceptors (Lipinski definition) is 3. The molecule has 1 aromatic rings. The highest BCUT2D eigenvalue weighted by Crippen LogP contribution is 2.09. The molecular weight excluding hydrogens is 192 g/mol. The van der Waals surface area contributed by atoms with E-state index >= 15 is 0 Å². The fourth-order valence-electron chi connectivity index (χ4n) is 1.22. The van der Waals surface area contributed by atoms with Crippen LogP contribution in [0.3, 0.4) is 0 Å². The Kier molecular flexibility index (Phi) is 3.75. The van der Waals surface area contributed by atoms with Gasteiger partial charge in [-0.2, -0.15) is 5.10 Å². The Bertz CT molecular complexity index is 389. The summed E-state index contributed by atoms with van der Waals surface area (Å²) in [6.07, 6.45) is 7.05. The Morgan fingerprint density at radius 3 is 3.13 bits per heavy atom. The van der Waals surface area contributed by atoms with Gasteiger partial charge >= 0.3 is 0 Å². The van der Waals surface area contributed by atoms with Gasteiger partial charge in [-0.3, -0.25) is 9.48 Å². The van der Waals surface area contributed by atoms with E-state index in [1.807, 2.05) is 6.92 Å². The summed E-state index contributed by atoms with van der Waals surface area (Å²) < 4.78 is 1.56. The third kappa shape index (κ3) is 2.50. The molecule has 0 radical (unpaired) electrons. The monoisotopic (exact) mass is 206 g/mol. The van der Waals surface area contributed by atoms with Crippen LogP contribution in [-0.2, 0) is 6.54 Å². The molecule has 0 bridgehead atoms. The van der Waals surface area contributed by atoms with E-state index in [1.165, 1.54) is 6.20 Å². The Morgan fingerprint density at radius 1 is 1.80 bits per heavy atom. The first-order valence-corrected chi connectivity index (χ1v) is 4.73. The van der Waals surface area contributed by atoms with Crippen LogP contribution in [0, 0.1) is 12.3 Å². The summed E-state index contributed by atoms with van der Waals surface area (Å²) in [5, 5.41) is 6.65. The van der Waals surface area contributed by atoms with Gasteiger partial charge in [-0.1, -0.05) is 0 Å². The number of hydrogen-bond donors (Lipinski definition) is 2. The van der Waals surface area contributed by atoms with Crippen molar-refractivity contribution in [2.24, 2.45) is 0 Å². The van der Waals surface area contributed by atoms with Crippen molar-refractivity contribution < 1.29 is 4.79 Å². The summed E-state index contributed by atoms with van der Waals surface area (Å²) in [4.78, 5) is 11.7. The Labute approximate surface area is 88.6 Å². The van der Waals surface area contributed by atoms with Gasteiger partial charge in [0, 0.05) is 19.5 Å². The summed E-state index contributed by atoms with van der Waals surface area (Å²) in [5.74, 6) is 2.21. The van der Waals surface area contributed by atoms with Crippen molar-refractivity contribution in [3.63, 3.8) is 0 Å². The molecule has 1 amide bonds. The van der Waals surface area contributed by atoms with Crippen LogP contribution >= 0.6 is 0 Å². The maximum absolute atomic E-state index is 11.7. The summed E-state index contributed by atoms with van der Waals surface area (Å²) in [7, 11) is 0. The molecule has 0 saturated heterocycles. The van der Waals surface area contributed by atoms with Crippen LogP contribution in [0.4, 0.5) is 5.69 Å². The molecule has 0 aliphatic carbocycles. The van der Waals surface area contributed by atoms with Crippen LogP contribution in [0.15, 0.2) is 6.20 Å². The molecule has 0 aliphatic rings. The fourth-order valence-corrected chi connectivity index (χ4v) is 1.22. The summed E-state index contributed by atoms with van der Waals surface area (Å²) >= 11 is 0. The smallest absolute Gasteiger partial charge is 0.271 e. The average molecular weight is 206 g/mol. The number of terminal acetylenes is 1. The van der Waals surface area contributed by atoms with E-state index in [9.17, 15) is 4.79 Å². The number of amides is 1. The highest BCUT2D eigenvalue weighted by Gasteiger charge is 2.14. The van der Waals surface area contributed by atoms with Gasteiger partial charge in [0.05, 0.1) is 11.9 Å². The van der Waals surface area contributed by atoms with Crippen LogP contribution in [0.5, 0.6) is 0 Å². The molecule has 1 aromatic heterocycles. The summed E-state index contributed by atoms with van der Waals surface area (Å²) in [6.45, 7) is 2.95. The first-order chi connectivity index (χ1) is 7.20. The number of anilines is 1. The van der Waals surface area contributed by atoms with E-state index in [-0.39, 0.29) is 5.91 Å². The maximum Gasteiger partial charge on any atom is 0.271 e. The second-order valence-corrected chi connectivity index (χ2v) is 2.97. The average Bonchev–Trinajstić information content (AvgIpc) is 2.59. The molecule has 0 fully saturated rings. The minimum atomic E-state index is -0.234. The lowest BCUT2D eigenvalue weighted by atomic mass is 10.3. The molecule has 5 heteroatoms. The number of nitrogens with one attached hydrogen (secondary N) is 1. The molecular formula is C10H14N4O. The Balaban J connectivity index is 2.73. The largest absolute Gasteiger partial charge is 0.396 e. The molecule has 0 saturated carbocycles. The van der Waals surface area contributed by atoms with Gasteiger partial charge in [-0.25, -0.2) is 0 Å². The zero-order chi connectivity index (χ0) is 11.3. The van der Waals surface area contributed by atoms with Crippen molar-refractivity contribution in [2.45, 2.75) is 19.9 Å². The van der Waals surface area contributed by atoms with Gasteiger partial charge in [0.15, 0.2) is 0 Å². The molecule has 0 aromatic carbocycles. The zero-order valence-electron chi connectivity index (χ0n) is 8.66. The number of carbonyl (C=O) groups excluding carboxylic acids is 1. The van der Waals surface area contributed by atoms with E-state index in [4.69, 9.17) is 12.2 Å². The SMILES string of the molecule is C#CCCNC(=O)c1c(N)cnn1CC. The van der Waals surface area contributed by atoms with Gasteiger partial charge < -0.3 is 11.1 Å². The van der Waals surface area contributed by atoms with Crippen molar-refractivity contribution in [3.8, 4) is 12.3 Å². The predicted octanol–water partition coefficient (Wildman–Crippen LogP) is 0.238. The van der Waals surface area contributed by atoms with Crippen molar-refractivity contribution in [2.75, 3.05) is 12.3 Å². The first-order valence-electron chi connectivity index (χ1n) is 4.73. The normalized spacial score (nSPS) is 9.60. The molecule has 5 nitrogen and oxygen atoms in total. The van der Waals surface area contributed by atoms with Crippen LogP contribution < -0.4 is 11.1 Å². The molecule has 0 spiro atoms. The van der Waals surface area contributed by atoms with Gasteiger partial charge in [0.2, 0.25) is 0 Å². The lowest BCUT2D eigenvalue weighted by Crippen LogP contribution is -2.27. The lowest BCUT2D eigenvalue weighted by Gasteiger charge is -2.05. The van der Waals surface area contributed by atoms with E-state index in [1.54, 1.807) is 4.68 Å². The number of aryl methyl sites for hydroxylation is 1. The minimum Gasteiger partial charge on any atom is -0.396 e. The number of carbonyl (C=O) groups is 1. The van der Waals surface area contributed by atoms with Crippen LogP contribution in [0.25, 0.3) is 0 Å². The Hall–Kier alpha value is -1.96. The second-order valence-electron chi connectivity index (χ2n) is 2.97. The van der Waals surface area contributed by atoms with E-state index < -0.39 is 0 Å². The van der Waals surface area contributed by atoms with E-state index in [0.29, 0.717) is 30.9 Å². The molecule has 3 N–H and O–H groups in total. The van der Waals surface area contributed by atoms with Crippen LogP contribution in [-0.4, -0.2) is 22.2 Å².